The van der Waals surface area contributed by atoms with Crippen LogP contribution in [0.25, 0.3) is 0 Å². The maximum Gasteiger partial charge on any atom is 0.107 e. The highest BCUT2D eigenvalue weighted by atomic mass is 16.3. The minimum Gasteiger partial charge on any atom is -0.466 e. The molecule has 1 heterocycles. The van der Waals surface area contributed by atoms with Gasteiger partial charge in [0.05, 0.1) is 0 Å². The molecular formula is C12H19NO. The second-order valence-electron chi connectivity index (χ2n) is 4.30. The molecule has 0 fully saturated rings. The summed E-state index contributed by atoms with van der Waals surface area (Å²) in [4.78, 5) is 0. The highest BCUT2D eigenvalue weighted by Crippen LogP contribution is 2.39. The number of nitrogens with two attached hydrogens (primary N) is 1. The molecule has 0 saturated heterocycles. The standard InChI is InChI=1S/C12H19NO/c1-3-9-6-11-10(8(2)7-13)4-5-12(11)14-9/h6,8,10H,3-5,7,13H2,1-2H3. The molecule has 0 aromatic carbocycles. The van der Waals surface area contributed by atoms with Gasteiger partial charge in [0, 0.05) is 12.8 Å². The van der Waals surface area contributed by atoms with Gasteiger partial charge < -0.3 is 10.2 Å². The first-order valence-electron chi connectivity index (χ1n) is 5.57. The fraction of sp³-hybridized carbons (Fsp3) is 0.667. The van der Waals surface area contributed by atoms with E-state index in [4.69, 9.17) is 10.2 Å². The molecule has 1 aliphatic rings. The molecule has 1 aliphatic carbocycles. The van der Waals surface area contributed by atoms with Crippen molar-refractivity contribution in [2.24, 2.45) is 11.7 Å². The topological polar surface area (TPSA) is 39.2 Å². The van der Waals surface area contributed by atoms with Crippen molar-refractivity contribution >= 4 is 0 Å². The van der Waals surface area contributed by atoms with E-state index in [1.165, 1.54) is 17.7 Å². The largest absolute Gasteiger partial charge is 0.466 e. The van der Waals surface area contributed by atoms with Crippen molar-refractivity contribution in [3.63, 3.8) is 0 Å². The Labute approximate surface area is 85.5 Å². The van der Waals surface area contributed by atoms with Crippen molar-refractivity contribution in [3.05, 3.63) is 23.2 Å². The van der Waals surface area contributed by atoms with E-state index >= 15 is 0 Å². The average molecular weight is 193 g/mol. The Balaban J connectivity index is 2.24. The van der Waals surface area contributed by atoms with Crippen LogP contribution < -0.4 is 5.73 Å². The first-order valence-corrected chi connectivity index (χ1v) is 5.57. The van der Waals surface area contributed by atoms with Crippen molar-refractivity contribution in [1.29, 1.82) is 0 Å². The van der Waals surface area contributed by atoms with Gasteiger partial charge in [-0.3, -0.25) is 0 Å². The van der Waals surface area contributed by atoms with E-state index in [1.807, 2.05) is 0 Å². The van der Waals surface area contributed by atoms with Crippen LogP contribution in [0.3, 0.4) is 0 Å². The maximum absolute atomic E-state index is 5.76. The lowest BCUT2D eigenvalue weighted by molar-refractivity contribution is 0.453. The fourth-order valence-electron chi connectivity index (χ4n) is 2.38. The summed E-state index contributed by atoms with van der Waals surface area (Å²) < 4.78 is 5.76. The maximum atomic E-state index is 5.76. The van der Waals surface area contributed by atoms with E-state index in [9.17, 15) is 0 Å². The zero-order valence-corrected chi connectivity index (χ0v) is 9.05. The monoisotopic (exact) mass is 193 g/mol. The molecule has 0 radical (unpaired) electrons. The molecule has 2 N–H and O–H groups in total. The van der Waals surface area contributed by atoms with Gasteiger partial charge in [0.2, 0.25) is 0 Å². The van der Waals surface area contributed by atoms with Crippen LogP contribution in [-0.2, 0) is 12.8 Å². The Morgan fingerprint density at radius 2 is 2.43 bits per heavy atom. The lowest BCUT2D eigenvalue weighted by Gasteiger charge is -2.16. The quantitative estimate of drug-likeness (QED) is 0.801. The van der Waals surface area contributed by atoms with Crippen LogP contribution in [0.15, 0.2) is 10.5 Å². The van der Waals surface area contributed by atoms with Gasteiger partial charge in [-0.25, -0.2) is 0 Å². The van der Waals surface area contributed by atoms with Crippen molar-refractivity contribution in [2.75, 3.05) is 6.54 Å². The van der Waals surface area contributed by atoms with Crippen LogP contribution in [0.2, 0.25) is 0 Å². The SMILES string of the molecule is CCc1cc2c(o1)CCC2C(C)CN. The first kappa shape index (κ1) is 9.78. The van der Waals surface area contributed by atoms with E-state index in [0.717, 1.165) is 25.1 Å². The average Bonchev–Trinajstić information content (AvgIpc) is 2.74. The van der Waals surface area contributed by atoms with Crippen LogP contribution in [-0.4, -0.2) is 6.54 Å². The summed E-state index contributed by atoms with van der Waals surface area (Å²) >= 11 is 0. The minimum absolute atomic E-state index is 0.582. The molecule has 0 saturated carbocycles. The van der Waals surface area contributed by atoms with Gasteiger partial charge in [-0.15, -0.1) is 0 Å². The zero-order chi connectivity index (χ0) is 10.1. The van der Waals surface area contributed by atoms with E-state index in [-0.39, 0.29) is 0 Å². The summed E-state index contributed by atoms with van der Waals surface area (Å²) in [7, 11) is 0. The molecule has 1 aromatic heterocycles. The molecule has 2 rings (SSSR count). The molecule has 2 heteroatoms. The summed E-state index contributed by atoms with van der Waals surface area (Å²) in [5.74, 6) is 3.56. The van der Waals surface area contributed by atoms with Crippen molar-refractivity contribution < 1.29 is 4.42 Å². The van der Waals surface area contributed by atoms with E-state index < -0.39 is 0 Å². The molecule has 0 spiro atoms. The number of hydrogen-bond acceptors (Lipinski definition) is 2. The smallest absolute Gasteiger partial charge is 0.107 e. The van der Waals surface area contributed by atoms with Gasteiger partial charge >= 0.3 is 0 Å². The molecule has 78 valence electrons. The Kier molecular flexibility index (Phi) is 2.64. The highest BCUT2D eigenvalue weighted by molar-refractivity contribution is 5.31. The van der Waals surface area contributed by atoms with Crippen LogP contribution >= 0.6 is 0 Å². The molecule has 14 heavy (non-hydrogen) atoms. The third-order valence-electron chi connectivity index (χ3n) is 3.38. The minimum atomic E-state index is 0.582. The Morgan fingerprint density at radius 3 is 3.07 bits per heavy atom. The van der Waals surface area contributed by atoms with Crippen molar-refractivity contribution in [1.82, 2.24) is 0 Å². The molecule has 2 unspecified atom stereocenters. The lowest BCUT2D eigenvalue weighted by atomic mass is 9.89. The summed E-state index contributed by atoms with van der Waals surface area (Å²) in [5, 5.41) is 0. The van der Waals surface area contributed by atoms with Crippen molar-refractivity contribution in [2.45, 2.75) is 39.0 Å². The number of furan rings is 1. The van der Waals surface area contributed by atoms with Gasteiger partial charge in [-0.2, -0.15) is 0 Å². The highest BCUT2D eigenvalue weighted by Gasteiger charge is 2.29. The predicted octanol–water partition coefficient (Wildman–Crippen LogP) is 2.47. The number of aryl methyl sites for hydroxylation is 2. The van der Waals surface area contributed by atoms with Crippen molar-refractivity contribution in [3.8, 4) is 0 Å². The van der Waals surface area contributed by atoms with E-state index in [1.54, 1.807) is 0 Å². The van der Waals surface area contributed by atoms with Gasteiger partial charge in [-0.05, 0) is 36.4 Å². The summed E-state index contributed by atoms with van der Waals surface area (Å²) in [6.45, 7) is 5.14. The Bertz CT molecular complexity index is 316. The summed E-state index contributed by atoms with van der Waals surface area (Å²) in [6.07, 6.45) is 3.32. The predicted molar refractivity (Wildman–Crippen MR) is 57.4 cm³/mol. The van der Waals surface area contributed by atoms with Gasteiger partial charge in [0.25, 0.3) is 0 Å². The van der Waals surface area contributed by atoms with E-state index in [2.05, 4.69) is 19.9 Å². The molecule has 2 atom stereocenters. The van der Waals surface area contributed by atoms with Crippen LogP contribution in [0, 0.1) is 5.92 Å². The third-order valence-corrected chi connectivity index (χ3v) is 3.38. The van der Waals surface area contributed by atoms with Gasteiger partial charge in [-0.1, -0.05) is 13.8 Å². The number of fused-ring (bicyclic) bond motifs is 1. The number of rotatable bonds is 3. The van der Waals surface area contributed by atoms with E-state index in [0.29, 0.717) is 11.8 Å². The third kappa shape index (κ3) is 1.48. The van der Waals surface area contributed by atoms with Crippen LogP contribution in [0.5, 0.6) is 0 Å². The summed E-state index contributed by atoms with van der Waals surface area (Å²) in [5.41, 5.74) is 7.15. The molecule has 0 amide bonds. The normalized spacial score (nSPS) is 22.4. The van der Waals surface area contributed by atoms with Crippen LogP contribution in [0.1, 0.15) is 43.3 Å². The second-order valence-corrected chi connectivity index (χ2v) is 4.30. The fourth-order valence-corrected chi connectivity index (χ4v) is 2.38. The second kappa shape index (κ2) is 3.77. The Morgan fingerprint density at radius 1 is 1.64 bits per heavy atom. The van der Waals surface area contributed by atoms with Crippen LogP contribution in [0.4, 0.5) is 0 Å². The molecule has 2 nitrogen and oxygen atoms in total. The number of hydrogen-bond donors (Lipinski definition) is 1. The summed E-state index contributed by atoms with van der Waals surface area (Å²) in [6, 6.07) is 2.24. The Hall–Kier alpha value is -0.760. The van der Waals surface area contributed by atoms with Gasteiger partial charge in [0.1, 0.15) is 11.5 Å². The first-order chi connectivity index (χ1) is 6.76. The molecule has 1 aromatic rings. The van der Waals surface area contributed by atoms with Gasteiger partial charge in [0.15, 0.2) is 0 Å². The zero-order valence-electron chi connectivity index (χ0n) is 9.05. The molecular weight excluding hydrogens is 174 g/mol. The lowest BCUT2D eigenvalue weighted by Crippen LogP contribution is -2.17. The molecule has 0 aliphatic heterocycles. The molecule has 0 bridgehead atoms.